The van der Waals surface area contributed by atoms with Crippen LogP contribution in [0.15, 0.2) is 52.1 Å². The first kappa shape index (κ1) is 19.9. The predicted octanol–water partition coefficient (Wildman–Crippen LogP) is 2.93. The van der Waals surface area contributed by atoms with Crippen molar-refractivity contribution in [2.24, 2.45) is 0 Å². The molecular weight excluding hydrogens is 406 g/mol. The maximum absolute atomic E-state index is 12.8. The van der Waals surface area contributed by atoms with Crippen LogP contribution in [-0.2, 0) is 13.1 Å². The second kappa shape index (κ2) is 8.16. The van der Waals surface area contributed by atoms with E-state index >= 15 is 0 Å². The van der Waals surface area contributed by atoms with Crippen molar-refractivity contribution < 1.29 is 9.21 Å². The fourth-order valence-electron chi connectivity index (χ4n) is 3.29. The number of aromatic nitrogens is 4. The van der Waals surface area contributed by atoms with Gasteiger partial charge < -0.3 is 9.73 Å². The van der Waals surface area contributed by atoms with Crippen molar-refractivity contribution in [1.82, 2.24) is 24.6 Å². The number of carbonyl (C=O) groups excluding carboxylic acids is 1. The number of nitrogens with one attached hydrogen (secondary N) is 1. The Hall–Kier alpha value is -3.39. The smallest absolute Gasteiger partial charge is 0.264 e. The maximum Gasteiger partial charge on any atom is 0.264 e. The van der Waals surface area contributed by atoms with Gasteiger partial charge in [-0.2, -0.15) is 5.10 Å². The third-order valence-electron chi connectivity index (χ3n) is 4.78. The van der Waals surface area contributed by atoms with Crippen molar-refractivity contribution in [3.05, 3.63) is 80.9 Å². The lowest BCUT2D eigenvalue weighted by Crippen LogP contribution is -2.28. The first-order valence-electron chi connectivity index (χ1n) is 9.43. The zero-order valence-corrected chi connectivity index (χ0v) is 17.3. The van der Waals surface area contributed by atoms with Crippen LogP contribution in [0.3, 0.4) is 0 Å². The van der Waals surface area contributed by atoms with Crippen LogP contribution in [-0.4, -0.2) is 31.8 Å². The van der Waals surface area contributed by atoms with Crippen LogP contribution in [0.5, 0.6) is 0 Å². The molecule has 0 aliphatic heterocycles. The van der Waals surface area contributed by atoms with E-state index in [1.165, 1.54) is 17.1 Å². The number of carbonyl (C=O) groups is 1. The molecule has 4 aromatic rings. The molecule has 0 unspecified atom stereocenters. The summed E-state index contributed by atoms with van der Waals surface area (Å²) >= 11 is 5.91. The average molecular weight is 426 g/mol. The van der Waals surface area contributed by atoms with Crippen LogP contribution in [0.4, 0.5) is 0 Å². The van der Waals surface area contributed by atoms with E-state index in [0.29, 0.717) is 52.8 Å². The Bertz CT molecular complexity index is 1270. The highest BCUT2D eigenvalue weighted by atomic mass is 35.5. The molecule has 0 saturated carbocycles. The number of nitrogens with zero attached hydrogens (tertiary/aromatic N) is 4. The fourth-order valence-corrected chi connectivity index (χ4v) is 3.41. The van der Waals surface area contributed by atoms with Crippen molar-refractivity contribution in [2.45, 2.75) is 26.9 Å². The van der Waals surface area contributed by atoms with Gasteiger partial charge in [-0.1, -0.05) is 23.7 Å². The minimum atomic E-state index is -0.209. The number of aryl methyl sites for hydroxylation is 2. The Morgan fingerprint density at radius 1 is 1.23 bits per heavy atom. The molecule has 3 aromatic heterocycles. The molecule has 1 aromatic carbocycles. The number of rotatable bonds is 6. The second-order valence-corrected chi connectivity index (χ2v) is 7.43. The molecule has 1 amide bonds. The molecule has 4 rings (SSSR count). The molecule has 0 bridgehead atoms. The number of hydrogen-bond acceptors (Lipinski definition) is 5. The van der Waals surface area contributed by atoms with Crippen molar-refractivity contribution in [3.8, 4) is 0 Å². The molecule has 0 aliphatic rings. The number of benzene rings is 1. The number of furan rings is 1. The van der Waals surface area contributed by atoms with E-state index in [-0.39, 0.29) is 11.5 Å². The third-order valence-corrected chi connectivity index (χ3v) is 5.04. The van der Waals surface area contributed by atoms with Gasteiger partial charge in [0.2, 0.25) is 0 Å². The Labute approximate surface area is 177 Å². The zero-order valence-electron chi connectivity index (χ0n) is 16.6. The Morgan fingerprint density at radius 3 is 2.70 bits per heavy atom. The van der Waals surface area contributed by atoms with Gasteiger partial charge in [0.05, 0.1) is 24.8 Å². The Kier molecular flexibility index (Phi) is 5.41. The Morgan fingerprint density at radius 2 is 2.00 bits per heavy atom. The van der Waals surface area contributed by atoms with E-state index in [0.717, 1.165) is 5.56 Å². The first-order chi connectivity index (χ1) is 14.4. The summed E-state index contributed by atoms with van der Waals surface area (Å²) in [7, 11) is 0. The number of fused-ring (bicyclic) bond motifs is 1. The molecule has 9 heteroatoms. The highest BCUT2D eigenvalue weighted by Crippen LogP contribution is 2.13. The number of hydrogen-bond donors (Lipinski definition) is 1. The highest BCUT2D eigenvalue weighted by molar-refractivity contribution is 6.30. The summed E-state index contributed by atoms with van der Waals surface area (Å²) in [6.45, 7) is 4.67. The maximum atomic E-state index is 12.8. The molecule has 8 nitrogen and oxygen atoms in total. The molecule has 30 heavy (non-hydrogen) atoms. The van der Waals surface area contributed by atoms with Gasteiger partial charge in [0.1, 0.15) is 23.2 Å². The first-order valence-corrected chi connectivity index (χ1v) is 9.81. The second-order valence-electron chi connectivity index (χ2n) is 6.99. The number of amides is 1. The third kappa shape index (κ3) is 3.99. The molecule has 0 spiro atoms. The molecule has 0 fully saturated rings. The molecule has 0 atom stereocenters. The minimum absolute atomic E-state index is 0.172. The van der Waals surface area contributed by atoms with E-state index in [4.69, 9.17) is 16.0 Å². The summed E-state index contributed by atoms with van der Waals surface area (Å²) in [6.07, 6.45) is 3.02. The Balaban J connectivity index is 1.46. The van der Waals surface area contributed by atoms with Gasteiger partial charge >= 0.3 is 0 Å². The molecule has 0 aliphatic carbocycles. The van der Waals surface area contributed by atoms with Crippen molar-refractivity contribution in [1.29, 1.82) is 0 Å². The highest BCUT2D eigenvalue weighted by Gasteiger charge is 2.14. The summed E-state index contributed by atoms with van der Waals surface area (Å²) in [5, 5.41) is 8.17. The zero-order chi connectivity index (χ0) is 21.3. The van der Waals surface area contributed by atoms with Gasteiger partial charge in [-0.3, -0.25) is 14.2 Å². The quantitative estimate of drug-likeness (QED) is 0.512. The van der Waals surface area contributed by atoms with Crippen LogP contribution in [0.1, 0.15) is 27.4 Å². The lowest BCUT2D eigenvalue weighted by molar-refractivity contribution is 0.0950. The topological polar surface area (TPSA) is 95.0 Å². The average Bonchev–Trinajstić information content (AvgIpc) is 3.28. The molecule has 0 radical (unpaired) electrons. The summed E-state index contributed by atoms with van der Waals surface area (Å²) in [6, 6.07) is 9.01. The van der Waals surface area contributed by atoms with Gasteiger partial charge in [-0.25, -0.2) is 9.67 Å². The lowest BCUT2D eigenvalue weighted by Gasteiger charge is -2.07. The van der Waals surface area contributed by atoms with Gasteiger partial charge in [-0.05, 0) is 37.6 Å². The molecule has 0 saturated heterocycles. The van der Waals surface area contributed by atoms with Crippen LogP contribution in [0.25, 0.3) is 11.0 Å². The summed E-state index contributed by atoms with van der Waals surface area (Å²) in [4.78, 5) is 29.5. The van der Waals surface area contributed by atoms with Crippen molar-refractivity contribution in [3.63, 3.8) is 0 Å². The lowest BCUT2D eigenvalue weighted by atomic mass is 10.2. The van der Waals surface area contributed by atoms with E-state index in [2.05, 4.69) is 15.4 Å². The van der Waals surface area contributed by atoms with E-state index in [1.54, 1.807) is 36.7 Å². The SMILES string of the molecule is Cc1cc(C(=O)NCCn2ncc3c(=O)n(Cc4ccc(Cl)cc4)cnc32)c(C)o1. The van der Waals surface area contributed by atoms with Gasteiger partial charge in [0.15, 0.2) is 5.65 Å². The van der Waals surface area contributed by atoms with Crippen LogP contribution >= 0.6 is 11.6 Å². The van der Waals surface area contributed by atoms with E-state index in [9.17, 15) is 9.59 Å². The van der Waals surface area contributed by atoms with Crippen molar-refractivity contribution >= 4 is 28.5 Å². The monoisotopic (exact) mass is 425 g/mol. The van der Waals surface area contributed by atoms with Gasteiger partial charge in [0, 0.05) is 11.6 Å². The molecule has 154 valence electrons. The summed E-state index contributed by atoms with van der Waals surface area (Å²) in [5.74, 6) is 1.06. The van der Waals surface area contributed by atoms with E-state index in [1.807, 2.05) is 12.1 Å². The normalized spacial score (nSPS) is 11.2. The van der Waals surface area contributed by atoms with Gasteiger partial charge in [-0.15, -0.1) is 0 Å². The minimum Gasteiger partial charge on any atom is -0.466 e. The largest absolute Gasteiger partial charge is 0.466 e. The van der Waals surface area contributed by atoms with E-state index < -0.39 is 0 Å². The molecule has 3 heterocycles. The van der Waals surface area contributed by atoms with Crippen LogP contribution < -0.4 is 10.9 Å². The van der Waals surface area contributed by atoms with Gasteiger partial charge in [0.25, 0.3) is 11.5 Å². The van der Waals surface area contributed by atoms with Crippen molar-refractivity contribution in [2.75, 3.05) is 6.54 Å². The number of halogens is 1. The standard InChI is InChI=1S/C21H20ClN5O3/c1-13-9-17(14(2)30-13)20(28)23-7-8-27-19-18(10-25-27)21(29)26(12-24-19)11-15-3-5-16(22)6-4-15/h3-6,9-10,12H,7-8,11H2,1-2H3,(H,23,28). The molecular formula is C21H20ClN5O3. The van der Waals surface area contributed by atoms with Crippen LogP contribution in [0.2, 0.25) is 5.02 Å². The summed E-state index contributed by atoms with van der Waals surface area (Å²) < 4.78 is 8.53. The fraction of sp³-hybridized carbons (Fsp3) is 0.238. The predicted molar refractivity (Wildman–Crippen MR) is 113 cm³/mol. The summed E-state index contributed by atoms with van der Waals surface area (Å²) in [5.41, 5.74) is 1.77. The van der Waals surface area contributed by atoms with Crippen LogP contribution in [0, 0.1) is 13.8 Å². The molecule has 1 N–H and O–H groups in total.